The molecule has 1 aromatic heterocycles. The lowest BCUT2D eigenvalue weighted by molar-refractivity contribution is 0.475. The number of aromatic nitrogens is 2. The summed E-state index contributed by atoms with van der Waals surface area (Å²) in [6.45, 7) is 3.87. The summed E-state index contributed by atoms with van der Waals surface area (Å²) >= 11 is 0. The van der Waals surface area contributed by atoms with Gasteiger partial charge in [-0.25, -0.2) is 9.97 Å². The summed E-state index contributed by atoms with van der Waals surface area (Å²) < 4.78 is 0. The van der Waals surface area contributed by atoms with E-state index in [0.717, 1.165) is 33.9 Å². The average molecular weight is 344 g/mol. The molecule has 2 aromatic carbocycles. The zero-order valence-corrected chi connectivity index (χ0v) is 14.7. The van der Waals surface area contributed by atoms with Crippen LogP contribution in [0.3, 0.4) is 0 Å². The Hall–Kier alpha value is -3.40. The van der Waals surface area contributed by atoms with Crippen molar-refractivity contribution in [2.24, 2.45) is 0 Å². The van der Waals surface area contributed by atoms with Crippen LogP contribution in [0, 0.1) is 0 Å². The van der Waals surface area contributed by atoms with Crippen LogP contribution in [0.1, 0.15) is 25.2 Å². The van der Waals surface area contributed by atoms with E-state index in [2.05, 4.69) is 0 Å². The highest BCUT2D eigenvalue weighted by atomic mass is 16.3. The molecule has 3 aromatic rings. The van der Waals surface area contributed by atoms with Gasteiger partial charge in [0.25, 0.3) is 0 Å². The Balaban J connectivity index is 2.24. The number of phenolic OH excluding ortho intramolecular Hbond substituents is 2. The molecule has 0 spiro atoms. The van der Waals surface area contributed by atoms with E-state index in [9.17, 15) is 10.2 Å². The maximum atomic E-state index is 9.55. The number of benzene rings is 2. The number of nitrogens with zero attached hydrogens (tertiary/aromatic N) is 2. The fourth-order valence-electron chi connectivity index (χ4n) is 2.67. The Morgan fingerprint density at radius 2 is 0.962 bits per heavy atom. The number of aromatic hydroxyl groups is 2. The van der Waals surface area contributed by atoms with Crippen molar-refractivity contribution in [3.8, 4) is 34.0 Å². The lowest BCUT2D eigenvalue weighted by Crippen LogP contribution is -2.00. The van der Waals surface area contributed by atoms with E-state index in [4.69, 9.17) is 9.97 Å². The van der Waals surface area contributed by atoms with Crippen molar-refractivity contribution < 1.29 is 10.2 Å². The number of allylic oxidation sites excluding steroid dienone is 2. The Kier molecular flexibility index (Phi) is 5.13. The third-order valence-electron chi connectivity index (χ3n) is 3.88. The normalized spacial score (nSPS) is 11.5. The Morgan fingerprint density at radius 1 is 0.615 bits per heavy atom. The molecule has 4 nitrogen and oxygen atoms in total. The standard InChI is InChI=1S/C22H20N2O2/c1-3-5-19-21(15-7-11-17(25)12-8-15)24-20(6-4-2)22(23-19)16-9-13-18(26)14-10-16/h3-14,25-26H,1-2H3. The molecule has 0 aliphatic rings. The second kappa shape index (κ2) is 7.66. The first kappa shape index (κ1) is 17.4. The van der Waals surface area contributed by atoms with Crippen LogP contribution in [0.15, 0.2) is 60.7 Å². The van der Waals surface area contributed by atoms with Gasteiger partial charge in [-0.05, 0) is 74.5 Å². The molecule has 0 fully saturated rings. The van der Waals surface area contributed by atoms with Crippen LogP contribution < -0.4 is 0 Å². The highest BCUT2D eigenvalue weighted by molar-refractivity contribution is 5.77. The van der Waals surface area contributed by atoms with Crippen LogP contribution in [-0.4, -0.2) is 20.2 Å². The molecule has 0 saturated heterocycles. The minimum atomic E-state index is 0.212. The van der Waals surface area contributed by atoms with Gasteiger partial charge in [0.15, 0.2) is 0 Å². The molecule has 0 unspecified atom stereocenters. The molecule has 0 atom stereocenters. The molecule has 0 amide bonds. The molecule has 1 heterocycles. The van der Waals surface area contributed by atoms with Gasteiger partial charge in [-0.3, -0.25) is 0 Å². The van der Waals surface area contributed by atoms with Crippen molar-refractivity contribution in [3.63, 3.8) is 0 Å². The highest BCUT2D eigenvalue weighted by Gasteiger charge is 2.14. The number of rotatable bonds is 4. The molecule has 0 bridgehead atoms. The smallest absolute Gasteiger partial charge is 0.115 e. The zero-order chi connectivity index (χ0) is 18.5. The van der Waals surface area contributed by atoms with Crippen molar-refractivity contribution in [1.82, 2.24) is 9.97 Å². The lowest BCUT2D eigenvalue weighted by atomic mass is 10.0. The fraction of sp³-hybridized carbons (Fsp3) is 0.0909. The highest BCUT2D eigenvalue weighted by Crippen LogP contribution is 2.30. The summed E-state index contributed by atoms with van der Waals surface area (Å²) in [6, 6.07) is 13.9. The monoisotopic (exact) mass is 344 g/mol. The molecular formula is C22H20N2O2. The van der Waals surface area contributed by atoms with Crippen LogP contribution in [0.25, 0.3) is 34.7 Å². The van der Waals surface area contributed by atoms with Crippen LogP contribution in [-0.2, 0) is 0 Å². The van der Waals surface area contributed by atoms with E-state index in [1.807, 2.05) is 62.4 Å². The third kappa shape index (κ3) is 3.64. The van der Waals surface area contributed by atoms with Crippen molar-refractivity contribution in [2.45, 2.75) is 13.8 Å². The summed E-state index contributed by atoms with van der Waals surface area (Å²) in [5, 5.41) is 19.1. The van der Waals surface area contributed by atoms with E-state index in [1.54, 1.807) is 24.3 Å². The van der Waals surface area contributed by atoms with E-state index >= 15 is 0 Å². The molecule has 2 N–H and O–H groups in total. The van der Waals surface area contributed by atoms with E-state index in [1.165, 1.54) is 0 Å². The van der Waals surface area contributed by atoms with Gasteiger partial charge in [0.05, 0.1) is 22.8 Å². The molecule has 0 radical (unpaired) electrons. The summed E-state index contributed by atoms with van der Waals surface area (Å²) in [7, 11) is 0. The molecular weight excluding hydrogens is 324 g/mol. The van der Waals surface area contributed by atoms with Gasteiger partial charge in [-0.15, -0.1) is 0 Å². The second-order valence-corrected chi connectivity index (χ2v) is 5.79. The van der Waals surface area contributed by atoms with E-state index in [-0.39, 0.29) is 11.5 Å². The number of hydrogen-bond donors (Lipinski definition) is 2. The predicted molar refractivity (Wildman–Crippen MR) is 106 cm³/mol. The van der Waals surface area contributed by atoms with Crippen molar-refractivity contribution in [3.05, 3.63) is 72.1 Å². The first-order valence-electron chi connectivity index (χ1n) is 8.38. The van der Waals surface area contributed by atoms with Crippen LogP contribution in [0.5, 0.6) is 11.5 Å². The Morgan fingerprint density at radius 3 is 1.27 bits per heavy atom. The van der Waals surface area contributed by atoms with Gasteiger partial charge in [0.1, 0.15) is 11.5 Å². The first-order valence-corrected chi connectivity index (χ1v) is 8.38. The zero-order valence-electron chi connectivity index (χ0n) is 14.7. The minimum absolute atomic E-state index is 0.212. The van der Waals surface area contributed by atoms with E-state index < -0.39 is 0 Å². The molecule has 130 valence electrons. The van der Waals surface area contributed by atoms with Gasteiger partial charge >= 0.3 is 0 Å². The molecule has 3 rings (SSSR count). The molecule has 0 aliphatic carbocycles. The molecule has 0 aliphatic heterocycles. The Labute approximate surface area is 152 Å². The molecule has 0 saturated carbocycles. The van der Waals surface area contributed by atoms with E-state index in [0.29, 0.717) is 0 Å². The van der Waals surface area contributed by atoms with Gasteiger partial charge in [0, 0.05) is 11.1 Å². The quantitative estimate of drug-likeness (QED) is 0.675. The van der Waals surface area contributed by atoms with Gasteiger partial charge in [0.2, 0.25) is 0 Å². The summed E-state index contributed by atoms with van der Waals surface area (Å²) in [4.78, 5) is 9.67. The maximum Gasteiger partial charge on any atom is 0.115 e. The number of hydrogen-bond acceptors (Lipinski definition) is 4. The second-order valence-electron chi connectivity index (χ2n) is 5.79. The van der Waals surface area contributed by atoms with Crippen molar-refractivity contribution in [1.29, 1.82) is 0 Å². The lowest BCUT2D eigenvalue weighted by Gasteiger charge is -2.12. The predicted octanol–water partition coefficient (Wildman–Crippen LogP) is 5.29. The van der Waals surface area contributed by atoms with Crippen molar-refractivity contribution >= 4 is 12.2 Å². The topological polar surface area (TPSA) is 66.2 Å². The third-order valence-corrected chi connectivity index (χ3v) is 3.88. The largest absolute Gasteiger partial charge is 0.508 e. The summed E-state index contributed by atoms with van der Waals surface area (Å²) in [6.07, 6.45) is 7.67. The minimum Gasteiger partial charge on any atom is -0.508 e. The van der Waals surface area contributed by atoms with Crippen LogP contribution in [0.2, 0.25) is 0 Å². The maximum absolute atomic E-state index is 9.55. The SMILES string of the molecule is CC=Cc1nc(-c2ccc(O)cc2)c(C=CC)nc1-c1ccc(O)cc1. The van der Waals surface area contributed by atoms with Crippen LogP contribution in [0.4, 0.5) is 0 Å². The molecule has 26 heavy (non-hydrogen) atoms. The van der Waals surface area contributed by atoms with Gasteiger partial charge < -0.3 is 10.2 Å². The first-order chi connectivity index (χ1) is 12.6. The number of phenols is 2. The molecule has 4 heteroatoms. The van der Waals surface area contributed by atoms with Gasteiger partial charge in [-0.2, -0.15) is 0 Å². The average Bonchev–Trinajstić information content (AvgIpc) is 2.64. The summed E-state index contributed by atoms with van der Waals surface area (Å²) in [5.41, 5.74) is 4.75. The van der Waals surface area contributed by atoms with Crippen LogP contribution >= 0.6 is 0 Å². The van der Waals surface area contributed by atoms with Gasteiger partial charge in [-0.1, -0.05) is 12.2 Å². The summed E-state index contributed by atoms with van der Waals surface area (Å²) in [5.74, 6) is 0.423. The van der Waals surface area contributed by atoms with Crippen molar-refractivity contribution in [2.75, 3.05) is 0 Å². The fourth-order valence-corrected chi connectivity index (χ4v) is 2.67. The Bertz CT molecular complexity index is 875.